The number of amides is 1. The lowest BCUT2D eigenvalue weighted by Gasteiger charge is -2.07. The highest BCUT2D eigenvalue weighted by Gasteiger charge is 2.16. The van der Waals surface area contributed by atoms with Gasteiger partial charge in [0.1, 0.15) is 0 Å². The summed E-state index contributed by atoms with van der Waals surface area (Å²) in [6, 6.07) is 12.4. The van der Waals surface area contributed by atoms with Gasteiger partial charge in [-0.15, -0.1) is 10.2 Å². The minimum Gasteiger partial charge on any atom is -0.461 e. The Kier molecular flexibility index (Phi) is 5.16. The Hall–Kier alpha value is -3.05. The fourth-order valence-electron chi connectivity index (χ4n) is 2.26. The van der Waals surface area contributed by atoms with Gasteiger partial charge < -0.3 is 9.73 Å². The topological polar surface area (TPSA) is 96.7 Å². The average molecular weight is 353 g/mol. The summed E-state index contributed by atoms with van der Waals surface area (Å²) in [5.74, 6) is 1.29. The molecule has 0 aliphatic heterocycles. The molecule has 0 spiro atoms. The standard InChI is InChI=1S/C17H15N5O2S/c1-2-22-16(14-7-4-8-24-14)20-21-17(22)25-11-15(23)19-13-6-3-5-12(9-13)10-18/h3-9H,2,11H2,1H3,(H,19,23). The van der Waals surface area contributed by atoms with Crippen LogP contribution >= 0.6 is 11.8 Å². The number of carbonyl (C=O) groups excluding carboxylic acids is 1. The molecular weight excluding hydrogens is 338 g/mol. The van der Waals surface area contributed by atoms with Crippen molar-refractivity contribution in [3.8, 4) is 17.7 Å². The maximum Gasteiger partial charge on any atom is 0.234 e. The second-order valence-electron chi connectivity index (χ2n) is 5.06. The van der Waals surface area contributed by atoms with Gasteiger partial charge in [0.2, 0.25) is 5.91 Å². The van der Waals surface area contributed by atoms with Crippen molar-refractivity contribution in [2.75, 3.05) is 11.1 Å². The normalized spacial score (nSPS) is 10.4. The molecule has 25 heavy (non-hydrogen) atoms. The Bertz CT molecular complexity index is 912. The number of thioether (sulfide) groups is 1. The summed E-state index contributed by atoms with van der Waals surface area (Å²) in [6.45, 7) is 2.64. The second kappa shape index (κ2) is 7.68. The Morgan fingerprint density at radius 3 is 2.96 bits per heavy atom. The Morgan fingerprint density at radius 2 is 2.24 bits per heavy atom. The van der Waals surface area contributed by atoms with Crippen molar-refractivity contribution in [3.63, 3.8) is 0 Å². The average Bonchev–Trinajstić information content (AvgIpc) is 3.29. The first kappa shape index (κ1) is 16.8. The van der Waals surface area contributed by atoms with Crippen LogP contribution in [0.15, 0.2) is 52.2 Å². The van der Waals surface area contributed by atoms with Crippen molar-refractivity contribution in [1.82, 2.24) is 14.8 Å². The third-order valence-electron chi connectivity index (χ3n) is 3.38. The highest BCUT2D eigenvalue weighted by molar-refractivity contribution is 7.99. The number of benzene rings is 1. The first-order chi connectivity index (χ1) is 12.2. The Morgan fingerprint density at radius 1 is 1.36 bits per heavy atom. The van der Waals surface area contributed by atoms with Crippen molar-refractivity contribution in [2.45, 2.75) is 18.6 Å². The van der Waals surface area contributed by atoms with E-state index in [1.54, 1.807) is 36.6 Å². The molecule has 8 heteroatoms. The van der Waals surface area contributed by atoms with Crippen molar-refractivity contribution in [3.05, 3.63) is 48.2 Å². The lowest BCUT2D eigenvalue weighted by atomic mass is 10.2. The van der Waals surface area contributed by atoms with Gasteiger partial charge in [-0.1, -0.05) is 17.8 Å². The van der Waals surface area contributed by atoms with Gasteiger partial charge in [0.25, 0.3) is 0 Å². The lowest BCUT2D eigenvalue weighted by Crippen LogP contribution is -2.14. The predicted molar refractivity (Wildman–Crippen MR) is 93.9 cm³/mol. The highest BCUT2D eigenvalue weighted by atomic mass is 32.2. The van der Waals surface area contributed by atoms with Gasteiger partial charge in [-0.2, -0.15) is 5.26 Å². The molecule has 0 fully saturated rings. The molecule has 0 bridgehead atoms. The van der Waals surface area contributed by atoms with Crippen molar-refractivity contribution >= 4 is 23.4 Å². The molecule has 0 unspecified atom stereocenters. The molecule has 2 heterocycles. The Labute approximate surface area is 148 Å². The van der Waals surface area contributed by atoms with Crippen LogP contribution in [0.25, 0.3) is 11.6 Å². The van der Waals surface area contributed by atoms with Gasteiger partial charge in [-0.05, 0) is 37.3 Å². The van der Waals surface area contributed by atoms with Crippen LogP contribution in [0.4, 0.5) is 5.69 Å². The molecule has 126 valence electrons. The van der Waals surface area contributed by atoms with Gasteiger partial charge in [0.15, 0.2) is 16.7 Å². The molecule has 0 radical (unpaired) electrons. The fraction of sp³-hybridized carbons (Fsp3) is 0.176. The van der Waals surface area contributed by atoms with E-state index in [-0.39, 0.29) is 11.7 Å². The largest absolute Gasteiger partial charge is 0.461 e. The number of furan rings is 1. The van der Waals surface area contributed by atoms with E-state index in [4.69, 9.17) is 9.68 Å². The molecule has 7 nitrogen and oxygen atoms in total. The van der Waals surface area contributed by atoms with Gasteiger partial charge in [0.05, 0.1) is 23.6 Å². The highest BCUT2D eigenvalue weighted by Crippen LogP contribution is 2.24. The van der Waals surface area contributed by atoms with Crippen molar-refractivity contribution < 1.29 is 9.21 Å². The van der Waals surface area contributed by atoms with E-state index in [1.807, 2.05) is 23.6 Å². The van der Waals surface area contributed by atoms with Crippen molar-refractivity contribution in [1.29, 1.82) is 5.26 Å². The molecule has 3 aromatic rings. The van der Waals surface area contributed by atoms with Gasteiger partial charge in [-0.25, -0.2) is 0 Å². The number of anilines is 1. The summed E-state index contributed by atoms with van der Waals surface area (Å²) in [7, 11) is 0. The predicted octanol–water partition coefficient (Wildman–Crippen LogP) is 3.16. The SMILES string of the molecule is CCn1c(SCC(=O)Nc2cccc(C#N)c2)nnc1-c1ccco1. The molecule has 0 aliphatic rings. The van der Waals surface area contributed by atoms with Crippen LogP contribution < -0.4 is 5.32 Å². The molecule has 0 atom stereocenters. The molecule has 0 saturated heterocycles. The first-order valence-electron chi connectivity index (χ1n) is 7.61. The number of nitriles is 1. The number of hydrogen-bond donors (Lipinski definition) is 1. The number of hydrogen-bond acceptors (Lipinski definition) is 6. The minimum atomic E-state index is -0.176. The van der Waals surface area contributed by atoms with Crippen LogP contribution in [0.1, 0.15) is 12.5 Å². The summed E-state index contributed by atoms with van der Waals surface area (Å²) < 4.78 is 7.26. The van der Waals surface area contributed by atoms with Gasteiger partial charge >= 0.3 is 0 Å². The van der Waals surface area contributed by atoms with E-state index in [9.17, 15) is 4.79 Å². The zero-order valence-electron chi connectivity index (χ0n) is 13.5. The van der Waals surface area contributed by atoms with Gasteiger partial charge in [-0.3, -0.25) is 9.36 Å². The van der Waals surface area contributed by atoms with E-state index in [0.29, 0.717) is 34.5 Å². The van der Waals surface area contributed by atoms with E-state index in [2.05, 4.69) is 15.5 Å². The van der Waals surface area contributed by atoms with Crippen LogP contribution in [-0.4, -0.2) is 26.4 Å². The van der Waals surface area contributed by atoms with Crippen LogP contribution in [-0.2, 0) is 11.3 Å². The number of nitrogens with zero attached hydrogens (tertiary/aromatic N) is 4. The molecular formula is C17H15N5O2S. The molecule has 2 aromatic heterocycles. The maximum absolute atomic E-state index is 12.1. The van der Waals surface area contributed by atoms with Crippen LogP contribution in [0, 0.1) is 11.3 Å². The number of nitrogens with one attached hydrogen (secondary N) is 1. The molecule has 0 saturated carbocycles. The molecule has 1 N–H and O–H groups in total. The zero-order valence-corrected chi connectivity index (χ0v) is 14.3. The fourth-order valence-corrected chi connectivity index (χ4v) is 3.06. The van der Waals surface area contributed by atoms with E-state index in [1.165, 1.54) is 11.8 Å². The molecule has 1 aromatic carbocycles. The number of aromatic nitrogens is 3. The van der Waals surface area contributed by atoms with E-state index >= 15 is 0 Å². The van der Waals surface area contributed by atoms with Crippen LogP contribution in [0.5, 0.6) is 0 Å². The molecule has 0 aliphatic carbocycles. The second-order valence-corrected chi connectivity index (χ2v) is 6.00. The van der Waals surface area contributed by atoms with E-state index < -0.39 is 0 Å². The molecule has 3 rings (SSSR count). The summed E-state index contributed by atoms with van der Waals surface area (Å²) in [6.07, 6.45) is 1.58. The first-order valence-corrected chi connectivity index (χ1v) is 8.59. The van der Waals surface area contributed by atoms with E-state index in [0.717, 1.165) is 0 Å². The smallest absolute Gasteiger partial charge is 0.234 e. The van der Waals surface area contributed by atoms with Crippen LogP contribution in [0.3, 0.4) is 0 Å². The summed E-state index contributed by atoms with van der Waals surface area (Å²) in [5.41, 5.74) is 1.09. The maximum atomic E-state index is 12.1. The quantitative estimate of drug-likeness (QED) is 0.684. The third-order valence-corrected chi connectivity index (χ3v) is 4.35. The Balaban J connectivity index is 1.65. The van der Waals surface area contributed by atoms with Crippen LogP contribution in [0.2, 0.25) is 0 Å². The zero-order chi connectivity index (χ0) is 17.6. The third kappa shape index (κ3) is 3.89. The number of rotatable bonds is 6. The lowest BCUT2D eigenvalue weighted by molar-refractivity contribution is -0.113. The summed E-state index contributed by atoms with van der Waals surface area (Å²) >= 11 is 1.30. The number of carbonyl (C=O) groups is 1. The van der Waals surface area contributed by atoms with Gasteiger partial charge in [0, 0.05) is 12.2 Å². The van der Waals surface area contributed by atoms with Crippen molar-refractivity contribution in [2.24, 2.45) is 0 Å². The summed E-state index contributed by atoms with van der Waals surface area (Å²) in [5, 5.41) is 20.6. The summed E-state index contributed by atoms with van der Waals surface area (Å²) in [4.78, 5) is 12.1. The monoisotopic (exact) mass is 353 g/mol. The minimum absolute atomic E-state index is 0.176. The molecule has 1 amide bonds.